The molecule has 0 saturated heterocycles. The first-order valence-electron chi connectivity index (χ1n) is 6.01. The molecule has 3 nitrogen and oxygen atoms in total. The van der Waals surface area contributed by atoms with Crippen molar-refractivity contribution in [1.29, 1.82) is 0 Å². The Morgan fingerprint density at radius 3 is 2.21 bits per heavy atom. The maximum Gasteiger partial charge on any atom is 0.167 e. The molecule has 0 aliphatic carbocycles. The maximum atomic E-state index is 13.7. The number of nitrogens with zero attached hydrogens (tertiary/aromatic N) is 1. The van der Waals surface area contributed by atoms with Gasteiger partial charge < -0.3 is 15.0 Å². The van der Waals surface area contributed by atoms with E-state index in [0.717, 1.165) is 17.1 Å². The van der Waals surface area contributed by atoms with Crippen molar-refractivity contribution in [2.24, 2.45) is 0 Å². The van der Waals surface area contributed by atoms with E-state index in [4.69, 9.17) is 4.74 Å². The minimum atomic E-state index is -0.362. The maximum absolute atomic E-state index is 13.7. The highest BCUT2D eigenvalue weighted by molar-refractivity contribution is 5.65. The van der Waals surface area contributed by atoms with Crippen LogP contribution in [-0.4, -0.2) is 21.2 Å². The summed E-state index contributed by atoms with van der Waals surface area (Å²) in [4.78, 5) is 1.92. The van der Waals surface area contributed by atoms with E-state index in [-0.39, 0.29) is 11.6 Å². The number of rotatable bonds is 4. The zero-order chi connectivity index (χ0) is 13.8. The fourth-order valence-corrected chi connectivity index (χ4v) is 1.86. The number of halogens is 1. The third kappa shape index (κ3) is 2.78. The van der Waals surface area contributed by atoms with E-state index in [1.807, 2.05) is 49.3 Å². The van der Waals surface area contributed by atoms with Gasteiger partial charge in [-0.1, -0.05) is 0 Å². The average Bonchev–Trinajstić information content (AvgIpc) is 2.46. The number of hydrogen-bond donors (Lipinski definition) is 1. The molecule has 0 fully saturated rings. The highest BCUT2D eigenvalue weighted by Gasteiger charge is 2.08. The zero-order valence-electron chi connectivity index (χ0n) is 11.3. The Balaban J connectivity index is 2.27. The number of methoxy groups -OCH3 is 1. The molecule has 0 bridgehead atoms. The fraction of sp³-hybridized carbons (Fsp3) is 0.200. The van der Waals surface area contributed by atoms with Crippen molar-refractivity contribution >= 4 is 17.1 Å². The second-order valence-electron chi connectivity index (χ2n) is 4.17. The number of hydrogen-bond acceptors (Lipinski definition) is 3. The molecular formula is C15H17FN2O. The molecule has 0 radical (unpaired) electrons. The van der Waals surface area contributed by atoms with E-state index in [9.17, 15) is 4.39 Å². The number of ether oxygens (including phenoxy) is 1. The van der Waals surface area contributed by atoms with Crippen molar-refractivity contribution in [3.63, 3.8) is 0 Å². The summed E-state index contributed by atoms with van der Waals surface area (Å²) in [6, 6.07) is 12.8. The lowest BCUT2D eigenvalue weighted by molar-refractivity contribution is 0.386. The topological polar surface area (TPSA) is 24.5 Å². The molecule has 0 unspecified atom stereocenters. The standard InChI is InChI=1S/C15H17FN2O/c1-17-11-4-6-12(7-5-11)18(2)13-8-9-15(19-3)14(16)10-13/h4-10,17H,1-3H3. The van der Waals surface area contributed by atoms with Gasteiger partial charge in [-0.05, 0) is 36.4 Å². The average molecular weight is 260 g/mol. The lowest BCUT2D eigenvalue weighted by Gasteiger charge is -2.20. The number of anilines is 3. The van der Waals surface area contributed by atoms with Crippen molar-refractivity contribution < 1.29 is 9.13 Å². The van der Waals surface area contributed by atoms with Gasteiger partial charge in [0.1, 0.15) is 0 Å². The van der Waals surface area contributed by atoms with Gasteiger partial charge in [0.15, 0.2) is 11.6 Å². The highest BCUT2D eigenvalue weighted by atomic mass is 19.1. The van der Waals surface area contributed by atoms with Crippen LogP contribution in [0.3, 0.4) is 0 Å². The second-order valence-corrected chi connectivity index (χ2v) is 4.17. The van der Waals surface area contributed by atoms with Crippen LogP contribution < -0.4 is 15.0 Å². The van der Waals surface area contributed by atoms with Gasteiger partial charge in [-0.3, -0.25) is 0 Å². The van der Waals surface area contributed by atoms with Crippen molar-refractivity contribution in [3.8, 4) is 5.75 Å². The van der Waals surface area contributed by atoms with Crippen molar-refractivity contribution in [2.75, 3.05) is 31.4 Å². The molecule has 1 N–H and O–H groups in total. The first kappa shape index (κ1) is 13.2. The summed E-state index contributed by atoms with van der Waals surface area (Å²) in [5.41, 5.74) is 2.80. The van der Waals surface area contributed by atoms with Gasteiger partial charge in [0.25, 0.3) is 0 Å². The van der Waals surface area contributed by atoms with Crippen molar-refractivity contribution in [1.82, 2.24) is 0 Å². The first-order valence-corrected chi connectivity index (χ1v) is 6.01. The summed E-state index contributed by atoms with van der Waals surface area (Å²) in [5, 5.41) is 3.06. The van der Waals surface area contributed by atoms with Crippen molar-refractivity contribution in [3.05, 3.63) is 48.3 Å². The van der Waals surface area contributed by atoms with Gasteiger partial charge in [0.05, 0.1) is 7.11 Å². The minimum Gasteiger partial charge on any atom is -0.494 e. The Labute approximate surface area is 112 Å². The molecule has 2 aromatic rings. The summed E-state index contributed by atoms with van der Waals surface area (Å²) >= 11 is 0. The van der Waals surface area contributed by atoms with Gasteiger partial charge in [-0.2, -0.15) is 0 Å². The van der Waals surface area contributed by atoms with Crippen LogP contribution in [0.15, 0.2) is 42.5 Å². The third-order valence-electron chi connectivity index (χ3n) is 3.07. The normalized spacial score (nSPS) is 10.1. The fourth-order valence-electron chi connectivity index (χ4n) is 1.86. The zero-order valence-corrected chi connectivity index (χ0v) is 11.3. The van der Waals surface area contributed by atoms with E-state index in [1.54, 1.807) is 6.07 Å². The van der Waals surface area contributed by atoms with Crippen LogP contribution in [-0.2, 0) is 0 Å². The molecular weight excluding hydrogens is 243 g/mol. The molecule has 2 rings (SSSR count). The van der Waals surface area contributed by atoms with E-state index < -0.39 is 0 Å². The molecule has 0 heterocycles. The summed E-state index contributed by atoms with van der Waals surface area (Å²) < 4.78 is 18.6. The second kappa shape index (κ2) is 5.61. The van der Waals surface area contributed by atoms with Crippen LogP contribution in [0.25, 0.3) is 0 Å². The lowest BCUT2D eigenvalue weighted by Crippen LogP contribution is -2.09. The number of benzene rings is 2. The summed E-state index contributed by atoms with van der Waals surface area (Å²) in [6.07, 6.45) is 0. The minimum absolute atomic E-state index is 0.252. The molecule has 100 valence electrons. The summed E-state index contributed by atoms with van der Waals surface area (Å²) in [7, 11) is 5.23. The SMILES string of the molecule is CNc1ccc(N(C)c2ccc(OC)c(F)c2)cc1. The Bertz CT molecular complexity index is 555. The summed E-state index contributed by atoms with van der Waals surface area (Å²) in [6.45, 7) is 0. The molecule has 0 atom stereocenters. The van der Waals surface area contributed by atoms with Crippen LogP contribution in [0.1, 0.15) is 0 Å². The molecule has 0 spiro atoms. The molecule has 0 amide bonds. The molecule has 0 aliphatic rings. The Morgan fingerprint density at radius 2 is 1.68 bits per heavy atom. The monoisotopic (exact) mass is 260 g/mol. The van der Waals surface area contributed by atoms with E-state index in [0.29, 0.717) is 0 Å². The van der Waals surface area contributed by atoms with Crippen LogP contribution in [0.4, 0.5) is 21.5 Å². The van der Waals surface area contributed by atoms with Gasteiger partial charge in [-0.25, -0.2) is 4.39 Å². The van der Waals surface area contributed by atoms with Crippen LogP contribution >= 0.6 is 0 Å². The van der Waals surface area contributed by atoms with E-state index in [1.165, 1.54) is 13.2 Å². The van der Waals surface area contributed by atoms with Crippen LogP contribution in [0.5, 0.6) is 5.75 Å². The van der Waals surface area contributed by atoms with Gasteiger partial charge in [0.2, 0.25) is 0 Å². The largest absolute Gasteiger partial charge is 0.494 e. The third-order valence-corrected chi connectivity index (χ3v) is 3.07. The molecule has 0 aliphatic heterocycles. The molecule has 2 aromatic carbocycles. The predicted octanol–water partition coefficient (Wildman–Crippen LogP) is 3.64. The quantitative estimate of drug-likeness (QED) is 0.908. The lowest BCUT2D eigenvalue weighted by atomic mass is 10.2. The highest BCUT2D eigenvalue weighted by Crippen LogP contribution is 2.28. The van der Waals surface area contributed by atoms with E-state index in [2.05, 4.69) is 5.32 Å². The number of nitrogens with one attached hydrogen (secondary N) is 1. The molecule has 19 heavy (non-hydrogen) atoms. The van der Waals surface area contributed by atoms with Crippen LogP contribution in [0.2, 0.25) is 0 Å². The van der Waals surface area contributed by atoms with Gasteiger partial charge in [-0.15, -0.1) is 0 Å². The smallest absolute Gasteiger partial charge is 0.167 e. The molecule has 0 saturated carbocycles. The van der Waals surface area contributed by atoms with Gasteiger partial charge in [0, 0.05) is 37.2 Å². The Hall–Kier alpha value is -2.23. The molecule has 4 heteroatoms. The van der Waals surface area contributed by atoms with E-state index >= 15 is 0 Å². The predicted molar refractivity (Wildman–Crippen MR) is 77.0 cm³/mol. The van der Waals surface area contributed by atoms with Crippen LogP contribution in [0, 0.1) is 5.82 Å². The summed E-state index contributed by atoms with van der Waals surface area (Å²) in [5.74, 6) is -0.110. The first-order chi connectivity index (χ1) is 9.15. The Morgan fingerprint density at radius 1 is 1.05 bits per heavy atom. The molecule has 0 aromatic heterocycles. The van der Waals surface area contributed by atoms with Gasteiger partial charge >= 0.3 is 0 Å². The Kier molecular flexibility index (Phi) is 3.90. The van der Waals surface area contributed by atoms with Crippen molar-refractivity contribution in [2.45, 2.75) is 0 Å².